The second-order valence-corrected chi connectivity index (χ2v) is 6.60. The molecule has 1 aliphatic rings. The SMILES string of the molecule is CCCC(NS(=O)(=O)N1CCCCC1C)/C(N)=N/O. The predicted molar refractivity (Wildman–Crippen MR) is 74.2 cm³/mol. The molecular formula is C11H24N4O3S. The third kappa shape index (κ3) is 4.32. The summed E-state index contributed by atoms with van der Waals surface area (Å²) in [6.07, 6.45) is 4.01. The van der Waals surface area contributed by atoms with E-state index in [0.29, 0.717) is 13.0 Å². The van der Waals surface area contributed by atoms with Crippen molar-refractivity contribution in [1.29, 1.82) is 0 Å². The van der Waals surface area contributed by atoms with Crippen LogP contribution in [0.3, 0.4) is 0 Å². The Morgan fingerprint density at radius 2 is 2.26 bits per heavy atom. The molecule has 0 aromatic rings. The monoisotopic (exact) mass is 292 g/mol. The summed E-state index contributed by atoms with van der Waals surface area (Å²) in [4.78, 5) is 0. The minimum absolute atomic E-state index is 0.0131. The van der Waals surface area contributed by atoms with E-state index in [-0.39, 0.29) is 11.9 Å². The van der Waals surface area contributed by atoms with Crippen LogP contribution >= 0.6 is 0 Å². The molecule has 0 aromatic carbocycles. The highest BCUT2D eigenvalue weighted by Gasteiger charge is 2.32. The van der Waals surface area contributed by atoms with E-state index in [1.807, 2.05) is 13.8 Å². The normalized spacial score (nSPS) is 24.3. The highest BCUT2D eigenvalue weighted by molar-refractivity contribution is 7.87. The van der Waals surface area contributed by atoms with Gasteiger partial charge < -0.3 is 10.9 Å². The van der Waals surface area contributed by atoms with E-state index in [1.165, 1.54) is 4.31 Å². The Hall–Kier alpha value is -0.860. The Morgan fingerprint density at radius 3 is 2.79 bits per heavy atom. The lowest BCUT2D eigenvalue weighted by atomic mass is 10.1. The average Bonchev–Trinajstić information content (AvgIpc) is 2.37. The summed E-state index contributed by atoms with van der Waals surface area (Å²) < 4.78 is 28.6. The van der Waals surface area contributed by atoms with Gasteiger partial charge in [-0.15, -0.1) is 0 Å². The van der Waals surface area contributed by atoms with Gasteiger partial charge >= 0.3 is 0 Å². The number of hydrogen-bond donors (Lipinski definition) is 3. The molecule has 0 bridgehead atoms. The smallest absolute Gasteiger partial charge is 0.280 e. The zero-order valence-corrected chi connectivity index (χ0v) is 12.4. The molecule has 0 saturated carbocycles. The minimum atomic E-state index is -3.60. The van der Waals surface area contributed by atoms with Gasteiger partial charge in [0.2, 0.25) is 0 Å². The van der Waals surface area contributed by atoms with Crippen LogP contribution in [0.25, 0.3) is 0 Å². The van der Waals surface area contributed by atoms with Gasteiger partial charge in [-0.25, -0.2) is 0 Å². The molecule has 2 unspecified atom stereocenters. The van der Waals surface area contributed by atoms with Gasteiger partial charge in [0, 0.05) is 12.6 Å². The van der Waals surface area contributed by atoms with Crippen LogP contribution in [0.1, 0.15) is 46.0 Å². The number of piperidine rings is 1. The van der Waals surface area contributed by atoms with Crippen molar-refractivity contribution < 1.29 is 13.6 Å². The zero-order chi connectivity index (χ0) is 14.5. The van der Waals surface area contributed by atoms with Crippen LogP contribution in [0, 0.1) is 0 Å². The van der Waals surface area contributed by atoms with Crippen LogP contribution < -0.4 is 10.5 Å². The first-order chi connectivity index (χ1) is 8.92. The van der Waals surface area contributed by atoms with Crippen molar-refractivity contribution in [2.75, 3.05) is 6.54 Å². The van der Waals surface area contributed by atoms with Crippen LogP contribution in [0.4, 0.5) is 0 Å². The van der Waals surface area contributed by atoms with Gasteiger partial charge in [0.1, 0.15) is 0 Å². The summed E-state index contributed by atoms with van der Waals surface area (Å²) in [6, 6.07) is -0.671. The summed E-state index contributed by atoms with van der Waals surface area (Å²) in [7, 11) is -3.60. The fourth-order valence-corrected chi connectivity index (χ4v) is 3.98. The number of hydrogen-bond acceptors (Lipinski definition) is 4. The van der Waals surface area contributed by atoms with Crippen LogP contribution in [-0.2, 0) is 10.2 Å². The molecule has 1 fully saturated rings. The Bertz CT molecular complexity index is 410. The summed E-state index contributed by atoms with van der Waals surface area (Å²) in [6.45, 7) is 4.33. The van der Waals surface area contributed by atoms with Gasteiger partial charge in [-0.05, 0) is 26.2 Å². The van der Waals surface area contributed by atoms with E-state index >= 15 is 0 Å². The van der Waals surface area contributed by atoms with Crippen molar-refractivity contribution in [3.8, 4) is 0 Å². The second kappa shape index (κ2) is 7.06. The van der Waals surface area contributed by atoms with Gasteiger partial charge in [0.25, 0.3) is 10.2 Å². The lowest BCUT2D eigenvalue weighted by molar-refractivity contribution is 0.264. The molecule has 0 radical (unpaired) electrons. The quantitative estimate of drug-likeness (QED) is 0.288. The number of nitrogens with two attached hydrogens (primary N) is 1. The van der Waals surface area contributed by atoms with Crippen molar-refractivity contribution in [3.05, 3.63) is 0 Å². The van der Waals surface area contributed by atoms with Gasteiger partial charge in [0.15, 0.2) is 5.84 Å². The third-order valence-electron chi connectivity index (χ3n) is 3.39. The molecule has 1 rings (SSSR count). The van der Waals surface area contributed by atoms with E-state index in [0.717, 1.165) is 25.7 Å². The molecule has 2 atom stereocenters. The van der Waals surface area contributed by atoms with Crippen LogP contribution in [0.5, 0.6) is 0 Å². The van der Waals surface area contributed by atoms with Crippen molar-refractivity contribution in [1.82, 2.24) is 9.03 Å². The summed E-state index contributed by atoms with van der Waals surface area (Å²) in [5.41, 5.74) is 5.53. The lowest BCUT2D eigenvalue weighted by Gasteiger charge is -2.33. The Morgan fingerprint density at radius 1 is 1.58 bits per heavy atom. The van der Waals surface area contributed by atoms with E-state index < -0.39 is 16.3 Å². The molecule has 1 heterocycles. The molecule has 112 valence electrons. The number of nitrogens with one attached hydrogen (secondary N) is 1. The molecule has 0 amide bonds. The molecule has 0 spiro atoms. The van der Waals surface area contributed by atoms with E-state index in [4.69, 9.17) is 10.9 Å². The van der Waals surface area contributed by atoms with Crippen molar-refractivity contribution in [3.63, 3.8) is 0 Å². The third-order valence-corrected chi connectivity index (χ3v) is 5.13. The summed E-state index contributed by atoms with van der Waals surface area (Å²) >= 11 is 0. The maximum Gasteiger partial charge on any atom is 0.280 e. The molecular weight excluding hydrogens is 268 g/mol. The molecule has 1 aliphatic heterocycles. The first-order valence-corrected chi connectivity index (χ1v) is 8.13. The summed E-state index contributed by atoms with van der Waals surface area (Å²) in [5, 5.41) is 11.6. The van der Waals surface area contributed by atoms with Crippen LogP contribution in [-0.4, -0.2) is 42.4 Å². The maximum atomic E-state index is 12.3. The number of amidine groups is 1. The highest BCUT2D eigenvalue weighted by Crippen LogP contribution is 2.19. The Labute approximate surface area is 115 Å². The molecule has 1 saturated heterocycles. The fourth-order valence-electron chi connectivity index (χ4n) is 2.30. The number of rotatable bonds is 6. The highest BCUT2D eigenvalue weighted by atomic mass is 32.2. The molecule has 19 heavy (non-hydrogen) atoms. The maximum absolute atomic E-state index is 12.3. The van der Waals surface area contributed by atoms with Gasteiger partial charge in [-0.3, -0.25) is 0 Å². The van der Waals surface area contributed by atoms with Crippen molar-refractivity contribution in [2.45, 2.75) is 58.0 Å². The van der Waals surface area contributed by atoms with E-state index in [2.05, 4.69) is 9.88 Å². The lowest BCUT2D eigenvalue weighted by Crippen LogP contribution is -2.53. The Balaban J connectivity index is 2.81. The number of oxime groups is 1. The van der Waals surface area contributed by atoms with E-state index in [9.17, 15) is 8.42 Å². The van der Waals surface area contributed by atoms with Crippen molar-refractivity contribution in [2.24, 2.45) is 10.9 Å². The second-order valence-electron chi connectivity index (χ2n) is 4.94. The average molecular weight is 292 g/mol. The first-order valence-electron chi connectivity index (χ1n) is 6.69. The van der Waals surface area contributed by atoms with Gasteiger partial charge in [0.05, 0.1) is 6.04 Å². The fraction of sp³-hybridized carbons (Fsp3) is 0.909. The zero-order valence-electron chi connectivity index (χ0n) is 11.5. The molecule has 4 N–H and O–H groups in total. The van der Waals surface area contributed by atoms with Crippen LogP contribution in [0.15, 0.2) is 5.16 Å². The molecule has 8 heteroatoms. The molecule has 0 aromatic heterocycles. The van der Waals surface area contributed by atoms with Gasteiger partial charge in [-0.1, -0.05) is 24.9 Å². The largest absolute Gasteiger partial charge is 0.409 e. The van der Waals surface area contributed by atoms with Crippen molar-refractivity contribution >= 4 is 16.0 Å². The van der Waals surface area contributed by atoms with E-state index in [1.54, 1.807) is 0 Å². The number of nitrogens with zero attached hydrogens (tertiary/aromatic N) is 2. The molecule has 0 aliphatic carbocycles. The first kappa shape index (κ1) is 16.2. The topological polar surface area (TPSA) is 108 Å². The van der Waals surface area contributed by atoms with Crippen LogP contribution in [0.2, 0.25) is 0 Å². The Kier molecular flexibility index (Phi) is 6.02. The van der Waals surface area contributed by atoms with Gasteiger partial charge in [-0.2, -0.15) is 17.4 Å². The molecule has 7 nitrogen and oxygen atoms in total. The standard InChI is InChI=1S/C11H24N4O3S/c1-3-6-10(11(12)13-16)14-19(17,18)15-8-5-4-7-9(15)2/h9-10,14,16H,3-8H2,1-2H3,(H2,12,13). The minimum Gasteiger partial charge on any atom is -0.409 e. The predicted octanol–water partition coefficient (Wildman–Crippen LogP) is 0.610. The summed E-state index contributed by atoms with van der Waals surface area (Å²) in [5.74, 6) is -0.102.